The highest BCUT2D eigenvalue weighted by molar-refractivity contribution is 5.91. The molecule has 1 aromatic carbocycles. The van der Waals surface area contributed by atoms with Crippen molar-refractivity contribution in [3.05, 3.63) is 29.6 Å². The normalized spacial score (nSPS) is 22.9. The van der Waals surface area contributed by atoms with E-state index in [-0.39, 0.29) is 36.7 Å². The number of carboxylic acid groups (broad SMARTS) is 1. The van der Waals surface area contributed by atoms with Crippen molar-refractivity contribution in [1.82, 2.24) is 5.06 Å². The number of hydrogen-bond donors (Lipinski definition) is 1. The molecule has 0 radical (unpaired) electrons. The minimum Gasteiger partial charge on any atom is -0.481 e. The number of halogens is 1. The number of hydrogen-bond acceptors (Lipinski definition) is 4. The van der Waals surface area contributed by atoms with E-state index in [4.69, 9.17) is 9.94 Å². The molecule has 0 unspecified atom stereocenters. The number of carbonyl (C=O) groups excluding carboxylic acids is 2. The van der Waals surface area contributed by atoms with Crippen LogP contribution in [0.4, 0.5) is 14.9 Å². The van der Waals surface area contributed by atoms with Gasteiger partial charge in [0.05, 0.1) is 18.2 Å². The minimum atomic E-state index is -1.07. The molecule has 0 spiro atoms. The molecule has 1 aromatic rings. The van der Waals surface area contributed by atoms with Gasteiger partial charge in [-0.1, -0.05) is 0 Å². The van der Waals surface area contributed by atoms with Crippen molar-refractivity contribution in [2.45, 2.75) is 57.0 Å². The van der Waals surface area contributed by atoms with Crippen LogP contribution in [0.15, 0.2) is 18.2 Å². The Labute approximate surface area is 155 Å². The van der Waals surface area contributed by atoms with Gasteiger partial charge in [0.2, 0.25) is 0 Å². The van der Waals surface area contributed by atoms with Crippen LogP contribution < -0.4 is 4.90 Å². The van der Waals surface area contributed by atoms with E-state index in [2.05, 4.69) is 0 Å². The van der Waals surface area contributed by atoms with Crippen molar-refractivity contribution in [3.63, 3.8) is 0 Å². The number of carbonyl (C=O) groups is 3. The van der Waals surface area contributed by atoms with Gasteiger partial charge in [-0.15, -0.1) is 0 Å². The Kier molecular flexibility index (Phi) is 4.49. The molecule has 8 heteroatoms. The summed E-state index contributed by atoms with van der Waals surface area (Å²) in [7, 11) is 0. The van der Waals surface area contributed by atoms with Crippen LogP contribution in [0.3, 0.4) is 0 Å². The predicted molar refractivity (Wildman–Crippen MR) is 92.3 cm³/mol. The summed E-state index contributed by atoms with van der Waals surface area (Å²) in [5.41, 5.74) is 1.39. The number of carboxylic acids is 1. The van der Waals surface area contributed by atoms with Crippen LogP contribution in [0, 0.1) is 11.7 Å². The Morgan fingerprint density at radius 1 is 1.19 bits per heavy atom. The van der Waals surface area contributed by atoms with Crippen molar-refractivity contribution in [2.75, 3.05) is 4.90 Å². The molecule has 2 atom stereocenters. The molecule has 3 aliphatic rings. The first-order chi connectivity index (χ1) is 12.9. The molecule has 7 nitrogen and oxygen atoms in total. The number of amides is 2. The molecule has 2 saturated carbocycles. The van der Waals surface area contributed by atoms with E-state index in [1.165, 1.54) is 17.0 Å². The highest BCUT2D eigenvalue weighted by atomic mass is 19.1. The number of nitrogens with zero attached hydrogens (tertiary/aromatic N) is 2. The van der Waals surface area contributed by atoms with Crippen molar-refractivity contribution in [1.29, 1.82) is 0 Å². The van der Waals surface area contributed by atoms with E-state index >= 15 is 0 Å². The van der Waals surface area contributed by atoms with Crippen molar-refractivity contribution in [3.8, 4) is 0 Å². The Morgan fingerprint density at radius 3 is 2.59 bits per heavy atom. The average molecular weight is 376 g/mol. The van der Waals surface area contributed by atoms with Gasteiger partial charge in [-0.2, -0.15) is 5.06 Å². The van der Waals surface area contributed by atoms with E-state index in [0.717, 1.165) is 42.7 Å². The maximum absolute atomic E-state index is 13.6. The third-order valence-corrected chi connectivity index (χ3v) is 5.54. The lowest BCUT2D eigenvalue weighted by Gasteiger charge is -2.48. The number of rotatable bonds is 4. The Bertz CT molecular complexity index is 794. The fourth-order valence-corrected chi connectivity index (χ4v) is 3.87. The second-order valence-electron chi connectivity index (χ2n) is 7.45. The van der Waals surface area contributed by atoms with Gasteiger partial charge in [-0.05, 0) is 61.8 Å². The number of benzene rings is 1. The topological polar surface area (TPSA) is 87.1 Å². The molecule has 4 rings (SSSR count). The fraction of sp³-hybridized carbons (Fsp3) is 0.526. The van der Waals surface area contributed by atoms with Crippen LogP contribution >= 0.6 is 0 Å². The summed E-state index contributed by atoms with van der Waals surface area (Å²) < 4.78 is 13.6. The van der Waals surface area contributed by atoms with E-state index in [9.17, 15) is 18.8 Å². The minimum absolute atomic E-state index is 0.00867. The van der Waals surface area contributed by atoms with Crippen molar-refractivity contribution in [2.24, 2.45) is 5.92 Å². The summed E-state index contributed by atoms with van der Waals surface area (Å²) in [5.74, 6) is -1.66. The van der Waals surface area contributed by atoms with Gasteiger partial charge in [0.15, 0.2) is 0 Å². The van der Waals surface area contributed by atoms with Gasteiger partial charge in [0.25, 0.3) is 5.91 Å². The summed E-state index contributed by atoms with van der Waals surface area (Å²) >= 11 is 0. The number of aliphatic carboxylic acids is 1. The van der Waals surface area contributed by atoms with Crippen LogP contribution in [0.1, 0.15) is 44.1 Å². The lowest BCUT2D eigenvalue weighted by molar-refractivity contribution is -0.169. The molecule has 0 aromatic heterocycles. The summed E-state index contributed by atoms with van der Waals surface area (Å²) in [4.78, 5) is 42.9. The average Bonchev–Trinajstić information content (AvgIpc) is 3.43. The quantitative estimate of drug-likeness (QED) is 0.817. The Morgan fingerprint density at radius 2 is 1.96 bits per heavy atom. The smallest absolute Gasteiger partial charge is 0.439 e. The van der Waals surface area contributed by atoms with Gasteiger partial charge < -0.3 is 9.94 Å². The number of fused-ring (bicyclic) bond motifs is 2. The molecule has 27 heavy (non-hydrogen) atoms. The molecule has 0 bridgehead atoms. The third-order valence-electron chi connectivity index (χ3n) is 5.54. The van der Waals surface area contributed by atoms with Gasteiger partial charge >= 0.3 is 12.1 Å². The van der Waals surface area contributed by atoms with E-state index in [1.54, 1.807) is 6.07 Å². The molecule has 0 saturated heterocycles. The second-order valence-corrected chi connectivity index (χ2v) is 7.45. The number of anilines is 1. The summed E-state index contributed by atoms with van der Waals surface area (Å²) in [6, 6.07) is 4.14. The number of hydroxylamine groups is 2. The molecule has 2 amide bonds. The van der Waals surface area contributed by atoms with E-state index in [0.29, 0.717) is 5.69 Å². The first-order valence-corrected chi connectivity index (χ1v) is 9.27. The fourth-order valence-electron chi connectivity index (χ4n) is 3.87. The molecular weight excluding hydrogens is 355 g/mol. The molecule has 144 valence electrons. The largest absolute Gasteiger partial charge is 0.481 e. The summed E-state index contributed by atoms with van der Waals surface area (Å²) in [6.45, 7) is 0. The standard InChI is InChI=1S/C19H21FN2O5/c20-13-2-6-16-12(10-13)9-11-1-5-15(11)21(16)19(26)27-22(14-3-4-14)17(23)7-8-18(24)25/h2,6,10-11,14-15H,1,3-5,7-9H2,(H,24,25)/t11-,15-/m1/s1. The van der Waals surface area contributed by atoms with Gasteiger partial charge in [0, 0.05) is 12.5 Å². The Hall–Kier alpha value is -2.64. The lowest BCUT2D eigenvalue weighted by Crippen LogP contribution is -2.55. The highest BCUT2D eigenvalue weighted by Gasteiger charge is 2.46. The molecular formula is C19H21FN2O5. The Balaban J connectivity index is 1.53. The first-order valence-electron chi connectivity index (χ1n) is 9.27. The third kappa shape index (κ3) is 3.48. The van der Waals surface area contributed by atoms with Gasteiger partial charge in [-0.3, -0.25) is 14.5 Å². The van der Waals surface area contributed by atoms with Gasteiger partial charge in [-0.25, -0.2) is 9.18 Å². The monoisotopic (exact) mass is 376 g/mol. The van der Waals surface area contributed by atoms with E-state index < -0.39 is 18.0 Å². The SMILES string of the molecule is O=C(O)CCC(=O)N(OC(=O)N1c2ccc(F)cc2C[C@H]2CC[C@H]21)C1CC1. The molecule has 1 N–H and O–H groups in total. The van der Waals surface area contributed by atoms with Crippen molar-refractivity contribution < 1.29 is 28.7 Å². The first kappa shape index (κ1) is 17.8. The van der Waals surface area contributed by atoms with Crippen LogP contribution in [0.2, 0.25) is 0 Å². The van der Waals surface area contributed by atoms with Crippen LogP contribution in [-0.4, -0.2) is 40.2 Å². The predicted octanol–water partition coefficient (Wildman–Crippen LogP) is 2.87. The molecule has 1 heterocycles. The van der Waals surface area contributed by atoms with Crippen LogP contribution in [-0.2, 0) is 20.8 Å². The summed E-state index contributed by atoms with van der Waals surface area (Å²) in [6.07, 6.45) is 2.79. The highest BCUT2D eigenvalue weighted by Crippen LogP contribution is 2.44. The molecule has 2 aliphatic carbocycles. The zero-order valence-corrected chi connectivity index (χ0v) is 14.8. The van der Waals surface area contributed by atoms with Crippen molar-refractivity contribution >= 4 is 23.7 Å². The lowest BCUT2D eigenvalue weighted by atomic mass is 9.72. The van der Waals surface area contributed by atoms with Crippen LogP contribution in [0.25, 0.3) is 0 Å². The zero-order valence-electron chi connectivity index (χ0n) is 14.8. The maximum atomic E-state index is 13.6. The molecule has 1 aliphatic heterocycles. The second kappa shape index (κ2) is 6.83. The maximum Gasteiger partial charge on any atom is 0.439 e. The summed E-state index contributed by atoms with van der Waals surface area (Å²) in [5, 5.41) is 9.81. The molecule has 2 fully saturated rings. The zero-order chi connectivity index (χ0) is 19.1. The van der Waals surface area contributed by atoms with Crippen LogP contribution in [0.5, 0.6) is 0 Å². The van der Waals surface area contributed by atoms with E-state index in [1.807, 2.05) is 0 Å². The van der Waals surface area contributed by atoms with Gasteiger partial charge in [0.1, 0.15) is 5.82 Å².